The molecule has 0 radical (unpaired) electrons. The number of nitriles is 2. The Balaban J connectivity index is 0.000000618. The van der Waals surface area contributed by atoms with Gasteiger partial charge < -0.3 is 2.85 Å². The molecule has 6 fully saturated rings. The minimum absolute atomic E-state index is 0. The second kappa shape index (κ2) is 21.2. The van der Waals surface area contributed by atoms with Crippen LogP contribution in [-0.2, 0) is 19.5 Å². The van der Waals surface area contributed by atoms with Crippen LogP contribution >= 0.6 is 15.8 Å². The Morgan fingerprint density at radius 2 is 0.487 bits per heavy atom. The van der Waals surface area contributed by atoms with Gasteiger partial charge in [-0.05, 0) is 111 Å². The van der Waals surface area contributed by atoms with Crippen LogP contribution in [0, 0.1) is 22.7 Å². The van der Waals surface area contributed by atoms with Crippen molar-refractivity contribution in [2.24, 2.45) is 0 Å². The maximum atomic E-state index is 7.32. The monoisotopic (exact) mass is 662 g/mol. The third kappa shape index (κ3) is 11.6. The molecule has 0 spiro atoms. The molecule has 6 rings (SSSR count). The van der Waals surface area contributed by atoms with E-state index in [0.29, 0.717) is 15.8 Å². The minimum atomic E-state index is 0. The van der Waals surface area contributed by atoms with Gasteiger partial charge in [-0.15, -0.1) is 0 Å². The standard InChI is InChI=1S/2C15H27P.2C2H3N.Ru.2H/c2*1-2-8-13(7-1)16(14-9-3-4-10-14)15-11-5-6-12-15;2*1-2-3;;;/h2*13-15H,1-12H2;2*1H3;;;/q;;;;+2;2*-1. The van der Waals surface area contributed by atoms with Crippen LogP contribution in [0.3, 0.4) is 0 Å². The van der Waals surface area contributed by atoms with Crippen LogP contribution in [0.5, 0.6) is 0 Å². The van der Waals surface area contributed by atoms with Gasteiger partial charge in [0.05, 0.1) is 12.1 Å². The average Bonchev–Trinajstić information content (AvgIpc) is 3.76. The van der Waals surface area contributed by atoms with E-state index in [4.69, 9.17) is 10.5 Å². The average molecular weight is 662 g/mol. The van der Waals surface area contributed by atoms with Crippen molar-refractivity contribution in [2.45, 2.75) is 202 Å². The summed E-state index contributed by atoms with van der Waals surface area (Å²) in [5.41, 5.74) is 7.26. The molecule has 226 valence electrons. The molecular formula is C34H62N2P2Ru. The summed E-state index contributed by atoms with van der Waals surface area (Å²) in [6.07, 6.45) is 38.0. The zero-order valence-corrected chi connectivity index (χ0v) is 29.1. The summed E-state index contributed by atoms with van der Waals surface area (Å²) in [6, 6.07) is 3.50. The first-order valence-electron chi connectivity index (χ1n) is 16.9. The van der Waals surface area contributed by atoms with Gasteiger partial charge in [0.1, 0.15) is 0 Å². The van der Waals surface area contributed by atoms with E-state index in [9.17, 15) is 0 Å². The van der Waals surface area contributed by atoms with Crippen molar-refractivity contribution in [1.29, 1.82) is 10.5 Å². The Kier molecular flexibility index (Phi) is 19.4. The quantitative estimate of drug-likeness (QED) is 0.210. The summed E-state index contributed by atoms with van der Waals surface area (Å²) < 4.78 is 0. The SMILES string of the molecule is C1CCC(P(C2CCCC2)C2CCCC2)C1.C1CCC(P(C2CCCC2)C2CCCC2)C1.CC#N.CC#N.[H-].[H-].[Ru+2]. The maximum Gasteiger partial charge on any atom is 2.00 e. The molecule has 6 aliphatic rings. The molecule has 5 heteroatoms. The van der Waals surface area contributed by atoms with E-state index in [-0.39, 0.29) is 22.3 Å². The molecule has 0 bridgehead atoms. The van der Waals surface area contributed by atoms with Gasteiger partial charge >= 0.3 is 19.5 Å². The molecule has 0 aromatic heterocycles. The molecule has 6 aliphatic carbocycles. The first-order valence-corrected chi connectivity index (χ1v) is 20.0. The summed E-state index contributed by atoms with van der Waals surface area (Å²) in [6.45, 7) is 2.86. The molecule has 0 aromatic rings. The summed E-state index contributed by atoms with van der Waals surface area (Å²) in [4.78, 5) is 0. The van der Waals surface area contributed by atoms with Crippen LogP contribution in [0.4, 0.5) is 0 Å². The van der Waals surface area contributed by atoms with E-state index in [2.05, 4.69) is 0 Å². The van der Waals surface area contributed by atoms with Gasteiger partial charge in [-0.3, -0.25) is 0 Å². The zero-order chi connectivity index (χ0) is 27.0. The molecule has 0 amide bonds. The second-order valence-electron chi connectivity index (χ2n) is 13.0. The summed E-state index contributed by atoms with van der Waals surface area (Å²) in [7, 11) is 0.872. The van der Waals surface area contributed by atoms with Gasteiger partial charge in [0.15, 0.2) is 0 Å². The van der Waals surface area contributed by atoms with Gasteiger partial charge in [0.2, 0.25) is 0 Å². The fraction of sp³-hybridized carbons (Fsp3) is 0.941. The molecule has 0 heterocycles. The molecule has 0 aliphatic heterocycles. The fourth-order valence-electron chi connectivity index (χ4n) is 9.00. The number of rotatable bonds is 6. The summed E-state index contributed by atoms with van der Waals surface area (Å²) >= 11 is 0. The Morgan fingerprint density at radius 3 is 0.590 bits per heavy atom. The molecule has 6 saturated carbocycles. The summed E-state index contributed by atoms with van der Waals surface area (Å²) in [5.74, 6) is 0. The predicted molar refractivity (Wildman–Crippen MR) is 172 cm³/mol. The van der Waals surface area contributed by atoms with Crippen molar-refractivity contribution in [3.05, 3.63) is 0 Å². The van der Waals surface area contributed by atoms with Gasteiger partial charge in [-0.2, -0.15) is 10.5 Å². The number of hydrogen-bond acceptors (Lipinski definition) is 2. The van der Waals surface area contributed by atoms with E-state index in [1.807, 2.05) is 0 Å². The van der Waals surface area contributed by atoms with Crippen LogP contribution in [0.2, 0.25) is 0 Å². The van der Waals surface area contributed by atoms with Crippen LogP contribution in [-0.4, -0.2) is 34.0 Å². The fourth-order valence-corrected chi connectivity index (χ4v) is 18.3. The van der Waals surface area contributed by atoms with E-state index < -0.39 is 0 Å². The van der Waals surface area contributed by atoms with Crippen molar-refractivity contribution in [1.82, 2.24) is 0 Å². The van der Waals surface area contributed by atoms with E-state index in [0.717, 1.165) is 0 Å². The Bertz CT molecular complexity index is 558. The van der Waals surface area contributed by atoms with Crippen LogP contribution < -0.4 is 0 Å². The number of nitrogens with zero attached hydrogens (tertiary/aromatic N) is 2. The minimum Gasteiger partial charge on any atom is -1.00 e. The van der Waals surface area contributed by atoms with Gasteiger partial charge in [0.25, 0.3) is 0 Å². The topological polar surface area (TPSA) is 47.6 Å². The molecular weight excluding hydrogens is 599 g/mol. The first-order chi connectivity index (χ1) is 18.7. The number of hydrogen-bond donors (Lipinski definition) is 0. The van der Waals surface area contributed by atoms with Crippen molar-refractivity contribution < 1.29 is 22.3 Å². The Morgan fingerprint density at radius 1 is 0.385 bits per heavy atom. The zero-order valence-electron chi connectivity index (χ0n) is 27.6. The van der Waals surface area contributed by atoms with E-state index in [1.54, 1.807) is 166 Å². The van der Waals surface area contributed by atoms with Crippen LogP contribution in [0.1, 0.15) is 171 Å². The maximum absolute atomic E-state index is 7.32. The molecule has 39 heavy (non-hydrogen) atoms. The van der Waals surface area contributed by atoms with Crippen molar-refractivity contribution >= 4 is 15.8 Å². The van der Waals surface area contributed by atoms with Crippen LogP contribution in [0.15, 0.2) is 0 Å². The smallest absolute Gasteiger partial charge is 1.00 e. The van der Waals surface area contributed by atoms with Gasteiger partial charge in [-0.25, -0.2) is 0 Å². The first kappa shape index (κ1) is 35.7. The van der Waals surface area contributed by atoms with Gasteiger partial charge in [-0.1, -0.05) is 92.9 Å². The molecule has 2 nitrogen and oxygen atoms in total. The second-order valence-corrected chi connectivity index (χ2v) is 19.1. The van der Waals surface area contributed by atoms with E-state index in [1.165, 1.54) is 47.8 Å². The summed E-state index contributed by atoms with van der Waals surface area (Å²) in [5, 5.41) is 14.6. The predicted octanol–water partition coefficient (Wildman–Crippen LogP) is 11.9. The van der Waals surface area contributed by atoms with E-state index >= 15 is 0 Å². The molecule has 0 aromatic carbocycles. The Labute approximate surface area is 261 Å². The molecule has 0 saturated heterocycles. The molecule has 0 N–H and O–H groups in total. The van der Waals surface area contributed by atoms with Gasteiger partial charge in [0, 0.05) is 13.8 Å². The van der Waals surface area contributed by atoms with Crippen molar-refractivity contribution in [2.75, 3.05) is 0 Å². The van der Waals surface area contributed by atoms with Crippen molar-refractivity contribution in [3.63, 3.8) is 0 Å². The molecule has 0 atom stereocenters. The Hall–Kier alpha value is 0.463. The molecule has 0 unspecified atom stereocenters. The largest absolute Gasteiger partial charge is 2.00 e. The van der Waals surface area contributed by atoms with Crippen molar-refractivity contribution in [3.8, 4) is 12.1 Å². The third-order valence-electron chi connectivity index (χ3n) is 10.5. The normalized spacial score (nSPS) is 24.9. The van der Waals surface area contributed by atoms with Crippen LogP contribution in [0.25, 0.3) is 0 Å². The third-order valence-corrected chi connectivity index (χ3v) is 18.6.